The highest BCUT2D eigenvalue weighted by molar-refractivity contribution is 5.76. The lowest BCUT2D eigenvalue weighted by Crippen LogP contribution is -2.34. The number of azo groups is 2. The van der Waals surface area contributed by atoms with Gasteiger partial charge in [-0.1, -0.05) is 65.4 Å². The lowest BCUT2D eigenvalue weighted by molar-refractivity contribution is -0.528. The summed E-state index contributed by atoms with van der Waals surface area (Å²) in [4.78, 5) is 12.8. The normalized spacial score (nSPS) is 21.2. The number of esters is 1. The van der Waals surface area contributed by atoms with Crippen LogP contribution in [0.1, 0.15) is 23.1 Å². The summed E-state index contributed by atoms with van der Waals surface area (Å²) in [6.07, 6.45) is 0. The van der Waals surface area contributed by atoms with Crippen LogP contribution in [0.25, 0.3) is 0 Å². The van der Waals surface area contributed by atoms with E-state index >= 15 is 0 Å². The standard InChI is InChI=1S/C23H20FN2O2/c1-28-23(27)22-20(16-8-4-2-5-9-16)21(17-12-14-18(24)15-13-17)25-26(22)19-10-6-3-7-11-19/h2-15,20-22H,1H3/q+1. The van der Waals surface area contributed by atoms with Crippen LogP contribution in [0.2, 0.25) is 0 Å². The second-order valence-electron chi connectivity index (χ2n) is 6.70. The molecule has 1 aliphatic heterocycles. The molecule has 0 radical (unpaired) electrons. The summed E-state index contributed by atoms with van der Waals surface area (Å²) in [5.41, 5.74) is 2.64. The third kappa shape index (κ3) is 3.31. The first-order valence-corrected chi connectivity index (χ1v) is 9.12. The van der Waals surface area contributed by atoms with Gasteiger partial charge in [-0.25, -0.2) is 9.18 Å². The van der Waals surface area contributed by atoms with E-state index in [1.165, 1.54) is 19.2 Å². The van der Waals surface area contributed by atoms with E-state index in [2.05, 4.69) is 0 Å². The van der Waals surface area contributed by atoms with Crippen LogP contribution in [0.15, 0.2) is 90.0 Å². The van der Waals surface area contributed by atoms with E-state index in [9.17, 15) is 9.18 Å². The molecule has 0 N–H and O–H groups in total. The highest BCUT2D eigenvalue weighted by atomic mass is 19.1. The first kappa shape index (κ1) is 18.0. The lowest BCUT2D eigenvalue weighted by atomic mass is 9.83. The summed E-state index contributed by atoms with van der Waals surface area (Å²) in [7, 11) is 1.39. The van der Waals surface area contributed by atoms with Gasteiger partial charge in [-0.3, -0.25) is 0 Å². The average Bonchev–Trinajstić information content (AvgIpc) is 3.15. The van der Waals surface area contributed by atoms with Gasteiger partial charge in [0.1, 0.15) is 5.82 Å². The predicted molar refractivity (Wildman–Crippen MR) is 103 cm³/mol. The van der Waals surface area contributed by atoms with Gasteiger partial charge < -0.3 is 4.74 Å². The van der Waals surface area contributed by atoms with Gasteiger partial charge >= 0.3 is 5.97 Å². The van der Waals surface area contributed by atoms with Crippen molar-refractivity contribution < 1.29 is 18.6 Å². The Morgan fingerprint density at radius 1 is 0.893 bits per heavy atom. The molecular weight excluding hydrogens is 355 g/mol. The number of hydrogen-bond donors (Lipinski definition) is 0. The first-order chi connectivity index (χ1) is 13.7. The largest absolute Gasteiger partial charge is 0.464 e. The van der Waals surface area contributed by atoms with E-state index in [0.29, 0.717) is 0 Å². The van der Waals surface area contributed by atoms with Crippen molar-refractivity contribution in [3.63, 3.8) is 0 Å². The molecular formula is C23H20FN2O2+. The zero-order valence-corrected chi connectivity index (χ0v) is 15.4. The number of para-hydroxylation sites is 1. The minimum Gasteiger partial charge on any atom is -0.464 e. The Labute approximate surface area is 162 Å². The Morgan fingerprint density at radius 2 is 1.50 bits per heavy atom. The molecule has 5 heteroatoms. The Balaban J connectivity index is 1.88. The molecule has 0 aromatic heterocycles. The number of hydrogen-bond acceptors (Lipinski definition) is 3. The molecule has 4 nitrogen and oxygen atoms in total. The molecule has 0 fully saturated rings. The highest BCUT2D eigenvalue weighted by Gasteiger charge is 2.53. The SMILES string of the molecule is COC(=O)C1C(c2ccccc2)C(c2ccc(F)cc2)N=[N+]1c1ccccc1. The zero-order chi connectivity index (χ0) is 19.5. The van der Waals surface area contributed by atoms with Gasteiger partial charge in [0, 0.05) is 12.1 Å². The molecule has 1 heterocycles. The van der Waals surface area contributed by atoms with Gasteiger partial charge in [-0.15, -0.1) is 0 Å². The quantitative estimate of drug-likeness (QED) is 0.476. The van der Waals surface area contributed by atoms with Crippen molar-refractivity contribution in [2.75, 3.05) is 7.11 Å². The summed E-state index contributed by atoms with van der Waals surface area (Å²) in [5.74, 6) is -0.923. The Bertz CT molecular complexity index is 988. The van der Waals surface area contributed by atoms with Crippen LogP contribution in [0.3, 0.4) is 0 Å². The molecule has 0 saturated carbocycles. The smallest absolute Gasteiger partial charge is 0.378 e. The van der Waals surface area contributed by atoms with Crippen molar-refractivity contribution >= 4 is 11.7 Å². The number of halogens is 1. The number of methoxy groups -OCH3 is 1. The molecule has 28 heavy (non-hydrogen) atoms. The lowest BCUT2D eigenvalue weighted by Gasteiger charge is -2.18. The van der Waals surface area contributed by atoms with Crippen molar-refractivity contribution in [2.45, 2.75) is 18.0 Å². The fourth-order valence-electron chi connectivity index (χ4n) is 3.75. The van der Waals surface area contributed by atoms with Crippen molar-refractivity contribution in [1.29, 1.82) is 0 Å². The number of rotatable bonds is 4. The topological polar surface area (TPSA) is 41.7 Å². The van der Waals surface area contributed by atoms with Crippen molar-refractivity contribution in [2.24, 2.45) is 5.11 Å². The maximum atomic E-state index is 13.5. The van der Waals surface area contributed by atoms with Gasteiger partial charge in [0.05, 0.1) is 13.0 Å². The summed E-state index contributed by atoms with van der Waals surface area (Å²) in [6.45, 7) is 0. The molecule has 0 spiro atoms. The van der Waals surface area contributed by atoms with E-state index in [1.807, 2.05) is 60.7 Å². The summed E-state index contributed by atoms with van der Waals surface area (Å²) >= 11 is 0. The Kier molecular flexibility index (Phi) is 4.98. The van der Waals surface area contributed by atoms with Crippen molar-refractivity contribution in [1.82, 2.24) is 0 Å². The van der Waals surface area contributed by atoms with Gasteiger partial charge in [-0.05, 0) is 28.4 Å². The Morgan fingerprint density at radius 3 is 2.11 bits per heavy atom. The summed E-state index contributed by atoms with van der Waals surface area (Å²) in [5, 5.41) is 4.88. The van der Waals surface area contributed by atoms with E-state index < -0.39 is 6.04 Å². The third-order valence-electron chi connectivity index (χ3n) is 5.05. The van der Waals surface area contributed by atoms with Crippen LogP contribution < -0.4 is 0 Å². The van der Waals surface area contributed by atoms with Crippen molar-refractivity contribution in [3.8, 4) is 0 Å². The second-order valence-corrected chi connectivity index (χ2v) is 6.70. The number of carbonyl (C=O) groups is 1. The molecule has 1 aliphatic rings. The van der Waals surface area contributed by atoms with Crippen LogP contribution in [-0.4, -0.2) is 23.8 Å². The molecule has 4 rings (SSSR count). The van der Waals surface area contributed by atoms with Crippen LogP contribution in [0.4, 0.5) is 10.1 Å². The van der Waals surface area contributed by atoms with E-state index in [-0.39, 0.29) is 23.7 Å². The van der Waals surface area contributed by atoms with Crippen LogP contribution in [-0.2, 0) is 9.53 Å². The van der Waals surface area contributed by atoms with Gasteiger partial charge in [0.2, 0.25) is 5.69 Å². The molecule has 0 aliphatic carbocycles. The van der Waals surface area contributed by atoms with E-state index in [4.69, 9.17) is 9.85 Å². The minimum atomic E-state index is -0.621. The maximum Gasteiger partial charge on any atom is 0.378 e. The number of nitrogens with zero attached hydrogens (tertiary/aromatic N) is 2. The molecule has 3 unspecified atom stereocenters. The van der Waals surface area contributed by atoms with Crippen molar-refractivity contribution in [3.05, 3.63) is 102 Å². The fraction of sp³-hybridized carbons (Fsp3) is 0.174. The van der Waals surface area contributed by atoms with Gasteiger partial charge in [0.15, 0.2) is 6.04 Å². The summed E-state index contributed by atoms with van der Waals surface area (Å²) in [6, 6.07) is 24.7. The first-order valence-electron chi connectivity index (χ1n) is 9.12. The molecule has 3 aromatic rings. The highest BCUT2D eigenvalue weighted by Crippen LogP contribution is 2.45. The number of carbonyl (C=O) groups excluding carboxylic acids is 1. The molecule has 0 saturated heterocycles. The zero-order valence-electron chi connectivity index (χ0n) is 15.4. The molecule has 0 bridgehead atoms. The van der Waals surface area contributed by atoms with Gasteiger partial charge in [0.25, 0.3) is 6.04 Å². The third-order valence-corrected chi connectivity index (χ3v) is 5.05. The monoisotopic (exact) mass is 375 g/mol. The van der Waals surface area contributed by atoms with E-state index in [0.717, 1.165) is 16.8 Å². The average molecular weight is 375 g/mol. The predicted octanol–water partition coefficient (Wildman–Crippen LogP) is 5.00. The van der Waals surface area contributed by atoms with E-state index in [1.54, 1.807) is 16.8 Å². The molecule has 3 atom stereocenters. The second kappa shape index (κ2) is 7.72. The molecule has 3 aromatic carbocycles. The molecule has 0 amide bonds. The summed E-state index contributed by atoms with van der Waals surface area (Å²) < 4.78 is 20.4. The minimum absolute atomic E-state index is 0.265. The maximum absolute atomic E-state index is 13.5. The van der Waals surface area contributed by atoms with Crippen LogP contribution >= 0.6 is 0 Å². The number of benzene rings is 3. The fourth-order valence-corrected chi connectivity index (χ4v) is 3.75. The van der Waals surface area contributed by atoms with Gasteiger partial charge in [-0.2, -0.15) is 0 Å². The Hall–Kier alpha value is -3.34. The van der Waals surface area contributed by atoms with Crippen LogP contribution in [0.5, 0.6) is 0 Å². The number of ether oxygens (including phenoxy) is 1. The molecule has 140 valence electrons. The van der Waals surface area contributed by atoms with Crippen LogP contribution in [0, 0.1) is 5.82 Å².